The van der Waals surface area contributed by atoms with Gasteiger partial charge in [0.2, 0.25) is 0 Å². The number of hydrogen-bond donors (Lipinski definition) is 1. The van der Waals surface area contributed by atoms with Crippen molar-refractivity contribution < 1.29 is 14.3 Å². The smallest absolute Gasteiger partial charge is 0.259 e. The highest BCUT2D eigenvalue weighted by Crippen LogP contribution is 2.24. The van der Waals surface area contributed by atoms with Gasteiger partial charge in [0.15, 0.2) is 0 Å². The van der Waals surface area contributed by atoms with E-state index in [1.54, 1.807) is 35.8 Å². The number of carbonyl (C=O) groups excluding carboxylic acids is 1. The molecule has 1 N–H and O–H groups in total. The molecule has 6 heteroatoms. The topological polar surface area (TPSA) is 60.5 Å². The van der Waals surface area contributed by atoms with E-state index in [1.807, 2.05) is 53.9 Å². The minimum absolute atomic E-state index is 0.240. The summed E-state index contributed by atoms with van der Waals surface area (Å²) in [5.74, 6) is 1.73. The lowest BCUT2D eigenvalue weighted by Crippen LogP contribution is -2.13. The van der Waals surface area contributed by atoms with Crippen LogP contribution in [-0.4, -0.2) is 10.9 Å². The molecule has 0 unspecified atom stereocenters. The Kier molecular flexibility index (Phi) is 5.83. The Bertz CT molecular complexity index is 1070. The van der Waals surface area contributed by atoms with Crippen molar-refractivity contribution in [3.8, 4) is 17.2 Å². The molecular formula is C23H18N2O3S. The van der Waals surface area contributed by atoms with E-state index in [9.17, 15) is 4.79 Å². The van der Waals surface area contributed by atoms with Gasteiger partial charge in [-0.2, -0.15) is 0 Å². The summed E-state index contributed by atoms with van der Waals surface area (Å²) in [4.78, 5) is 16.9. The van der Waals surface area contributed by atoms with Crippen LogP contribution in [0.15, 0.2) is 89.8 Å². The summed E-state index contributed by atoms with van der Waals surface area (Å²) in [6.45, 7) is 0.319. The summed E-state index contributed by atoms with van der Waals surface area (Å²) in [6, 6.07) is 23.9. The van der Waals surface area contributed by atoms with E-state index in [2.05, 4.69) is 10.3 Å². The molecule has 144 valence electrons. The number of benzene rings is 3. The average molecular weight is 402 g/mol. The lowest BCUT2D eigenvalue weighted by molar-refractivity contribution is 0.102. The number of carbonyl (C=O) groups is 1. The van der Waals surface area contributed by atoms with Crippen LogP contribution < -0.4 is 14.8 Å². The van der Waals surface area contributed by atoms with Crippen LogP contribution in [0.1, 0.15) is 16.1 Å². The minimum atomic E-state index is -0.240. The van der Waals surface area contributed by atoms with E-state index in [1.165, 1.54) is 11.3 Å². The van der Waals surface area contributed by atoms with Crippen molar-refractivity contribution >= 4 is 22.9 Å². The van der Waals surface area contributed by atoms with E-state index >= 15 is 0 Å². The number of nitrogens with zero attached hydrogens (tertiary/aromatic N) is 1. The summed E-state index contributed by atoms with van der Waals surface area (Å²) in [5.41, 5.74) is 3.72. The molecule has 3 aromatic carbocycles. The molecule has 4 rings (SSSR count). The number of amides is 1. The van der Waals surface area contributed by atoms with Gasteiger partial charge in [-0.1, -0.05) is 30.3 Å². The van der Waals surface area contributed by atoms with Crippen molar-refractivity contribution in [3.63, 3.8) is 0 Å². The number of thiazole rings is 1. The Balaban J connectivity index is 1.41. The van der Waals surface area contributed by atoms with Gasteiger partial charge < -0.3 is 14.8 Å². The van der Waals surface area contributed by atoms with Gasteiger partial charge in [0.05, 0.1) is 16.8 Å². The molecule has 0 atom stereocenters. The molecule has 0 aliphatic heterocycles. The molecule has 1 amide bonds. The summed E-state index contributed by atoms with van der Waals surface area (Å²) in [7, 11) is 0. The summed E-state index contributed by atoms with van der Waals surface area (Å²) >= 11 is 1.51. The zero-order valence-electron chi connectivity index (χ0n) is 15.4. The molecule has 0 bridgehead atoms. The predicted octanol–water partition coefficient (Wildman–Crippen LogP) is 5.77. The van der Waals surface area contributed by atoms with Crippen LogP contribution in [0.25, 0.3) is 0 Å². The molecule has 0 fully saturated rings. The molecule has 0 aliphatic carbocycles. The molecule has 5 nitrogen and oxygen atoms in total. The number of anilines is 1. The van der Waals surface area contributed by atoms with Gasteiger partial charge in [-0.15, -0.1) is 11.3 Å². The van der Waals surface area contributed by atoms with Crippen molar-refractivity contribution in [1.29, 1.82) is 0 Å². The minimum Gasteiger partial charge on any atom is -0.486 e. The summed E-state index contributed by atoms with van der Waals surface area (Å²) < 4.78 is 11.6. The molecule has 0 saturated heterocycles. The number of para-hydroxylation sites is 2. The van der Waals surface area contributed by atoms with Crippen LogP contribution in [0.5, 0.6) is 17.2 Å². The summed E-state index contributed by atoms with van der Waals surface area (Å²) in [5, 5.41) is 4.81. The SMILES string of the molecule is O=C(Nc1ccc(Oc2ccccc2)cc1)c1ccccc1OCc1cscn1. The fraction of sp³-hybridized carbons (Fsp3) is 0.0435. The second kappa shape index (κ2) is 9.03. The van der Waals surface area contributed by atoms with Crippen molar-refractivity contribution in [1.82, 2.24) is 4.98 Å². The van der Waals surface area contributed by atoms with Crippen molar-refractivity contribution in [2.24, 2.45) is 0 Å². The van der Waals surface area contributed by atoms with Gasteiger partial charge in [-0.05, 0) is 48.5 Å². The maximum atomic E-state index is 12.7. The third-order valence-corrected chi connectivity index (χ3v) is 4.72. The maximum Gasteiger partial charge on any atom is 0.259 e. The predicted molar refractivity (Wildman–Crippen MR) is 114 cm³/mol. The first-order chi connectivity index (χ1) is 14.3. The fourth-order valence-electron chi connectivity index (χ4n) is 2.67. The molecular weight excluding hydrogens is 384 g/mol. The number of nitrogens with one attached hydrogen (secondary N) is 1. The number of rotatable bonds is 7. The van der Waals surface area contributed by atoms with Gasteiger partial charge >= 0.3 is 0 Å². The Hall–Kier alpha value is -3.64. The lowest BCUT2D eigenvalue weighted by Gasteiger charge is -2.11. The van der Waals surface area contributed by atoms with Gasteiger partial charge in [-0.3, -0.25) is 4.79 Å². The quantitative estimate of drug-likeness (QED) is 0.426. The molecule has 1 heterocycles. The second-order valence-corrected chi connectivity index (χ2v) is 6.88. The van der Waals surface area contributed by atoms with Crippen LogP contribution in [0, 0.1) is 0 Å². The highest BCUT2D eigenvalue weighted by Gasteiger charge is 2.13. The number of ether oxygens (including phenoxy) is 2. The number of aromatic nitrogens is 1. The Labute approximate surface area is 172 Å². The van der Waals surface area contributed by atoms with Gasteiger partial charge in [0, 0.05) is 11.1 Å². The van der Waals surface area contributed by atoms with Crippen LogP contribution in [0.3, 0.4) is 0 Å². The first-order valence-electron chi connectivity index (χ1n) is 9.01. The molecule has 0 saturated carbocycles. The van der Waals surface area contributed by atoms with Crippen molar-refractivity contribution in [2.45, 2.75) is 6.61 Å². The first-order valence-corrected chi connectivity index (χ1v) is 9.95. The molecule has 0 radical (unpaired) electrons. The second-order valence-electron chi connectivity index (χ2n) is 6.16. The fourth-order valence-corrected chi connectivity index (χ4v) is 3.21. The third kappa shape index (κ3) is 5.00. The molecule has 4 aromatic rings. The van der Waals surface area contributed by atoms with Crippen LogP contribution in [0.4, 0.5) is 5.69 Å². The number of hydrogen-bond acceptors (Lipinski definition) is 5. The van der Waals surface area contributed by atoms with E-state index in [-0.39, 0.29) is 5.91 Å². The van der Waals surface area contributed by atoms with E-state index in [0.717, 1.165) is 11.4 Å². The Morgan fingerprint density at radius 3 is 2.38 bits per heavy atom. The van der Waals surface area contributed by atoms with E-state index in [0.29, 0.717) is 29.4 Å². The zero-order chi connectivity index (χ0) is 19.9. The standard InChI is InChI=1S/C23H18N2O3S/c26-23(21-8-4-5-9-22(21)27-14-18-15-29-16-24-18)25-17-10-12-20(13-11-17)28-19-6-2-1-3-7-19/h1-13,15-16H,14H2,(H,25,26). The van der Waals surface area contributed by atoms with Crippen LogP contribution >= 0.6 is 11.3 Å². The molecule has 29 heavy (non-hydrogen) atoms. The molecule has 1 aromatic heterocycles. The van der Waals surface area contributed by atoms with Gasteiger partial charge in [0.1, 0.15) is 23.9 Å². The van der Waals surface area contributed by atoms with Gasteiger partial charge in [0.25, 0.3) is 5.91 Å². The van der Waals surface area contributed by atoms with Crippen LogP contribution in [0.2, 0.25) is 0 Å². The van der Waals surface area contributed by atoms with Crippen LogP contribution in [-0.2, 0) is 6.61 Å². The van der Waals surface area contributed by atoms with E-state index < -0.39 is 0 Å². The van der Waals surface area contributed by atoms with Crippen molar-refractivity contribution in [2.75, 3.05) is 5.32 Å². The normalized spacial score (nSPS) is 10.3. The van der Waals surface area contributed by atoms with Crippen molar-refractivity contribution in [3.05, 3.63) is 101 Å². The largest absolute Gasteiger partial charge is 0.486 e. The Morgan fingerprint density at radius 2 is 1.62 bits per heavy atom. The lowest BCUT2D eigenvalue weighted by atomic mass is 10.2. The molecule has 0 aliphatic rings. The average Bonchev–Trinajstić information content (AvgIpc) is 3.28. The first kappa shape index (κ1) is 18.7. The third-order valence-electron chi connectivity index (χ3n) is 4.08. The van der Waals surface area contributed by atoms with Gasteiger partial charge in [-0.25, -0.2) is 4.98 Å². The maximum absolute atomic E-state index is 12.7. The Morgan fingerprint density at radius 1 is 0.897 bits per heavy atom. The van der Waals surface area contributed by atoms with E-state index in [4.69, 9.17) is 9.47 Å². The monoisotopic (exact) mass is 402 g/mol. The highest BCUT2D eigenvalue weighted by atomic mass is 32.1. The molecule has 0 spiro atoms. The highest BCUT2D eigenvalue weighted by molar-refractivity contribution is 7.07. The zero-order valence-corrected chi connectivity index (χ0v) is 16.3. The summed E-state index contributed by atoms with van der Waals surface area (Å²) in [6.07, 6.45) is 0.